The van der Waals surface area contributed by atoms with Gasteiger partial charge in [0.2, 0.25) is 0 Å². The average Bonchev–Trinajstić information content (AvgIpc) is 2.15. The molecular formula is C13H15NO. The average molecular weight is 201 g/mol. The number of phenolic OH excluding ortho intramolecular Hbond substituents is 1. The van der Waals surface area contributed by atoms with E-state index in [0.717, 1.165) is 16.3 Å². The van der Waals surface area contributed by atoms with Crippen LogP contribution in [0.1, 0.15) is 19.4 Å². The Hall–Kier alpha value is -1.54. The van der Waals surface area contributed by atoms with Crippen LogP contribution in [0.15, 0.2) is 36.4 Å². The van der Waals surface area contributed by atoms with Crippen molar-refractivity contribution < 1.29 is 5.11 Å². The first kappa shape index (κ1) is 9.99. The molecule has 0 fully saturated rings. The van der Waals surface area contributed by atoms with Gasteiger partial charge in [0.25, 0.3) is 0 Å². The molecule has 0 amide bonds. The molecule has 0 aromatic heterocycles. The normalized spacial score (nSPS) is 11.9. The second kappa shape index (κ2) is 3.24. The molecule has 0 atom stereocenters. The van der Waals surface area contributed by atoms with Crippen molar-refractivity contribution >= 4 is 10.8 Å². The van der Waals surface area contributed by atoms with Crippen LogP contribution in [-0.2, 0) is 5.54 Å². The third-order valence-electron chi connectivity index (χ3n) is 2.55. The highest BCUT2D eigenvalue weighted by Crippen LogP contribution is 2.33. The van der Waals surface area contributed by atoms with Crippen molar-refractivity contribution in [3.8, 4) is 5.75 Å². The lowest BCUT2D eigenvalue weighted by Gasteiger charge is -2.22. The zero-order valence-corrected chi connectivity index (χ0v) is 8.99. The summed E-state index contributed by atoms with van der Waals surface area (Å²) in [4.78, 5) is 0. The molecule has 0 heterocycles. The minimum atomic E-state index is -0.537. The topological polar surface area (TPSA) is 46.2 Å². The highest BCUT2D eigenvalue weighted by atomic mass is 16.3. The Morgan fingerprint density at radius 2 is 1.73 bits per heavy atom. The van der Waals surface area contributed by atoms with E-state index < -0.39 is 5.54 Å². The van der Waals surface area contributed by atoms with E-state index in [1.165, 1.54) is 0 Å². The fourth-order valence-electron chi connectivity index (χ4n) is 1.94. The number of nitrogens with two attached hydrogens (primary N) is 1. The Morgan fingerprint density at radius 1 is 1.07 bits per heavy atom. The van der Waals surface area contributed by atoms with Gasteiger partial charge in [-0.15, -0.1) is 0 Å². The second-order valence-corrected chi connectivity index (χ2v) is 4.40. The second-order valence-electron chi connectivity index (χ2n) is 4.40. The number of phenols is 1. The predicted octanol–water partition coefficient (Wildman–Crippen LogP) is 2.74. The smallest absolute Gasteiger partial charge is 0.121 e. The molecule has 3 N–H and O–H groups in total. The van der Waals surface area contributed by atoms with Gasteiger partial charge in [-0.2, -0.15) is 0 Å². The summed E-state index contributed by atoms with van der Waals surface area (Å²) in [6.07, 6.45) is 0. The van der Waals surface area contributed by atoms with E-state index in [1.807, 2.05) is 44.2 Å². The molecule has 0 aliphatic heterocycles. The summed E-state index contributed by atoms with van der Waals surface area (Å²) in [5, 5.41) is 12.0. The zero-order valence-electron chi connectivity index (χ0n) is 8.99. The largest absolute Gasteiger partial charge is 0.508 e. The number of fused-ring (bicyclic) bond motifs is 1. The van der Waals surface area contributed by atoms with Crippen molar-refractivity contribution in [3.63, 3.8) is 0 Å². The van der Waals surface area contributed by atoms with Gasteiger partial charge in [-0.25, -0.2) is 0 Å². The van der Waals surface area contributed by atoms with Crippen LogP contribution in [0, 0.1) is 0 Å². The van der Waals surface area contributed by atoms with Crippen LogP contribution in [-0.4, -0.2) is 5.11 Å². The quantitative estimate of drug-likeness (QED) is 0.745. The molecule has 0 aliphatic rings. The van der Waals surface area contributed by atoms with Gasteiger partial charge in [0.05, 0.1) is 0 Å². The zero-order chi connectivity index (χ0) is 11.1. The molecule has 2 rings (SSSR count). The van der Waals surface area contributed by atoms with Gasteiger partial charge in [0, 0.05) is 11.1 Å². The molecule has 2 heteroatoms. The summed E-state index contributed by atoms with van der Waals surface area (Å²) in [6.45, 7) is 3.79. The SMILES string of the molecule is CC(C)(N)c1c(O)ccc2ccccc12. The number of hydrogen-bond acceptors (Lipinski definition) is 2. The van der Waals surface area contributed by atoms with E-state index in [1.54, 1.807) is 6.07 Å². The van der Waals surface area contributed by atoms with Gasteiger partial charge in [-0.05, 0) is 30.7 Å². The van der Waals surface area contributed by atoms with Crippen molar-refractivity contribution in [2.45, 2.75) is 19.4 Å². The molecule has 0 aliphatic carbocycles. The molecule has 0 spiro atoms. The van der Waals surface area contributed by atoms with Crippen LogP contribution in [0.3, 0.4) is 0 Å². The van der Waals surface area contributed by atoms with Gasteiger partial charge < -0.3 is 10.8 Å². The highest BCUT2D eigenvalue weighted by Gasteiger charge is 2.20. The highest BCUT2D eigenvalue weighted by molar-refractivity contribution is 5.88. The maximum atomic E-state index is 9.86. The number of aromatic hydroxyl groups is 1. The van der Waals surface area contributed by atoms with E-state index in [2.05, 4.69) is 0 Å². The lowest BCUT2D eigenvalue weighted by Crippen LogP contribution is -2.29. The van der Waals surface area contributed by atoms with Crippen molar-refractivity contribution in [2.75, 3.05) is 0 Å². The minimum Gasteiger partial charge on any atom is -0.508 e. The van der Waals surface area contributed by atoms with E-state index in [-0.39, 0.29) is 5.75 Å². The molecule has 2 aromatic rings. The number of benzene rings is 2. The molecule has 15 heavy (non-hydrogen) atoms. The molecular weight excluding hydrogens is 186 g/mol. The van der Waals surface area contributed by atoms with Crippen molar-refractivity contribution in [3.05, 3.63) is 42.0 Å². The Balaban J connectivity index is 2.86. The Labute approximate surface area is 89.3 Å². The summed E-state index contributed by atoms with van der Waals surface area (Å²) in [6, 6.07) is 11.5. The van der Waals surface area contributed by atoms with Crippen molar-refractivity contribution in [1.82, 2.24) is 0 Å². The van der Waals surface area contributed by atoms with Crippen molar-refractivity contribution in [2.24, 2.45) is 5.73 Å². The number of rotatable bonds is 1. The molecule has 2 aromatic carbocycles. The predicted molar refractivity (Wildman–Crippen MR) is 62.8 cm³/mol. The molecule has 78 valence electrons. The van der Waals surface area contributed by atoms with Gasteiger partial charge in [-0.3, -0.25) is 0 Å². The van der Waals surface area contributed by atoms with Gasteiger partial charge in [0.1, 0.15) is 5.75 Å². The molecule has 2 nitrogen and oxygen atoms in total. The summed E-state index contributed by atoms with van der Waals surface area (Å²) in [5.74, 6) is 0.265. The first-order valence-electron chi connectivity index (χ1n) is 5.00. The van der Waals surface area contributed by atoms with Crippen LogP contribution in [0.2, 0.25) is 0 Å². The standard InChI is InChI=1S/C13H15NO/c1-13(2,14)12-10-6-4-3-5-9(10)7-8-11(12)15/h3-8,15H,14H2,1-2H3. The van der Waals surface area contributed by atoms with Crippen LogP contribution in [0.25, 0.3) is 10.8 Å². The summed E-state index contributed by atoms with van der Waals surface area (Å²) < 4.78 is 0. The minimum absolute atomic E-state index is 0.265. The fraction of sp³-hybridized carbons (Fsp3) is 0.231. The first-order chi connectivity index (χ1) is 7.00. The van der Waals surface area contributed by atoms with E-state index in [4.69, 9.17) is 5.73 Å². The monoisotopic (exact) mass is 201 g/mol. The van der Waals surface area contributed by atoms with Gasteiger partial charge >= 0.3 is 0 Å². The van der Waals surface area contributed by atoms with E-state index in [9.17, 15) is 5.11 Å². The van der Waals surface area contributed by atoms with E-state index >= 15 is 0 Å². The molecule has 0 bridgehead atoms. The van der Waals surface area contributed by atoms with Crippen molar-refractivity contribution in [1.29, 1.82) is 0 Å². The van der Waals surface area contributed by atoms with Gasteiger partial charge in [0.15, 0.2) is 0 Å². The number of hydrogen-bond donors (Lipinski definition) is 2. The molecule has 0 saturated carbocycles. The summed E-state index contributed by atoms with van der Waals surface area (Å²) in [7, 11) is 0. The first-order valence-corrected chi connectivity index (χ1v) is 5.00. The van der Waals surface area contributed by atoms with Crippen LogP contribution >= 0.6 is 0 Å². The van der Waals surface area contributed by atoms with E-state index in [0.29, 0.717) is 0 Å². The summed E-state index contributed by atoms with van der Waals surface area (Å²) >= 11 is 0. The lowest BCUT2D eigenvalue weighted by atomic mass is 9.89. The van der Waals surface area contributed by atoms with Crippen LogP contribution < -0.4 is 5.73 Å². The lowest BCUT2D eigenvalue weighted by molar-refractivity contribution is 0.443. The Morgan fingerprint density at radius 3 is 2.40 bits per heavy atom. The maximum Gasteiger partial charge on any atom is 0.121 e. The van der Waals surface area contributed by atoms with Crippen LogP contribution in [0.5, 0.6) is 5.75 Å². The fourth-order valence-corrected chi connectivity index (χ4v) is 1.94. The van der Waals surface area contributed by atoms with Crippen LogP contribution in [0.4, 0.5) is 0 Å². The third kappa shape index (κ3) is 1.68. The van der Waals surface area contributed by atoms with Gasteiger partial charge in [-0.1, -0.05) is 30.3 Å². The molecule has 0 saturated heterocycles. The summed E-state index contributed by atoms with van der Waals surface area (Å²) in [5.41, 5.74) is 6.33. The Bertz CT molecular complexity index is 497. The molecule has 0 radical (unpaired) electrons. The third-order valence-corrected chi connectivity index (χ3v) is 2.55. The maximum absolute atomic E-state index is 9.86. The Kier molecular flexibility index (Phi) is 2.16. The molecule has 0 unspecified atom stereocenters.